The van der Waals surface area contributed by atoms with Crippen LogP contribution < -0.4 is 0 Å². The van der Waals surface area contributed by atoms with Gasteiger partial charge in [0, 0.05) is 47.9 Å². The second kappa shape index (κ2) is 33.3. The van der Waals surface area contributed by atoms with Crippen LogP contribution in [0.3, 0.4) is 0 Å². The summed E-state index contributed by atoms with van der Waals surface area (Å²) in [4.78, 5) is 44.9. The molecule has 0 aromatic heterocycles. The van der Waals surface area contributed by atoms with E-state index >= 15 is 0 Å². The number of halogens is 12. The molecule has 8 atom stereocenters. The summed E-state index contributed by atoms with van der Waals surface area (Å²) >= 11 is 0. The van der Waals surface area contributed by atoms with E-state index in [1.807, 2.05) is 0 Å². The minimum absolute atomic E-state index is 0.0208. The van der Waals surface area contributed by atoms with Crippen molar-refractivity contribution in [3.05, 3.63) is 142 Å². The maximum Gasteiger partial charge on any atom is 0.442 e. The van der Waals surface area contributed by atoms with E-state index in [4.69, 9.17) is 34.6 Å². The monoisotopic (exact) mass is 1430 g/mol. The molecule has 8 rings (SSSR count). The van der Waals surface area contributed by atoms with Crippen molar-refractivity contribution >= 4 is 31.8 Å². The van der Waals surface area contributed by atoms with E-state index in [0.29, 0.717) is 55.2 Å². The van der Waals surface area contributed by atoms with E-state index in [1.165, 1.54) is 91.9 Å². The average Bonchev–Trinajstić information content (AvgIpc) is 1.61. The maximum atomic E-state index is 13.0. The van der Waals surface area contributed by atoms with Gasteiger partial charge in [-0.15, -0.1) is 89.4 Å². The van der Waals surface area contributed by atoms with Gasteiger partial charge in [0.05, 0.1) is 48.1 Å². The lowest BCUT2D eigenvalue weighted by Crippen LogP contribution is -2.30. The fourth-order valence-electron chi connectivity index (χ4n) is 9.97. The van der Waals surface area contributed by atoms with Crippen molar-refractivity contribution < 1.29 is 108 Å². The molecule has 4 aromatic rings. The molecule has 100 heavy (non-hydrogen) atoms. The van der Waals surface area contributed by atoms with Crippen molar-refractivity contribution in [1.82, 2.24) is 0 Å². The first-order chi connectivity index (χ1) is 46.5. The largest absolute Gasteiger partial charge is 0.481 e. The summed E-state index contributed by atoms with van der Waals surface area (Å²) in [5.74, 6) is 2.25. The molecule has 0 spiro atoms. The quantitative estimate of drug-likeness (QED) is 0.0159. The molecule has 0 fully saturated rings. The number of Topliss-reactive ketones (excluding diaryl/α,β-unsaturated/α-hetero) is 1. The highest BCUT2D eigenvalue weighted by Gasteiger charge is 2.67. The Balaban J connectivity index is 0.000000241. The topological polar surface area (TPSA) is 309 Å². The van der Waals surface area contributed by atoms with Crippen LogP contribution in [0.4, 0.5) is 52.7 Å². The summed E-state index contributed by atoms with van der Waals surface area (Å²) in [5.41, 5.74) is -4.05. The normalized spacial score (nSPS) is 17.7. The highest BCUT2D eigenvalue weighted by atomic mass is 28.3. The predicted molar refractivity (Wildman–Crippen MR) is 337 cm³/mol. The van der Waals surface area contributed by atoms with Crippen LogP contribution in [0, 0.1) is 72.2 Å². The summed E-state index contributed by atoms with van der Waals surface area (Å²) < 4.78 is 155. The van der Waals surface area contributed by atoms with Crippen LogP contribution in [0.2, 0.25) is 19.6 Å². The van der Waals surface area contributed by atoms with Gasteiger partial charge in [-0.1, -0.05) is 117 Å². The Morgan fingerprint density at radius 3 is 0.740 bits per heavy atom. The van der Waals surface area contributed by atoms with E-state index in [1.54, 1.807) is 12.1 Å². The van der Waals surface area contributed by atoms with Crippen molar-refractivity contribution in [3.8, 4) is 48.5 Å². The number of aryl methyl sites for hydroxylation is 4. The minimum atomic E-state index is -4.57. The van der Waals surface area contributed by atoms with E-state index in [0.717, 1.165) is 5.56 Å². The number of carboxylic acids is 3. The summed E-state index contributed by atoms with van der Waals surface area (Å²) in [6, 6.07) is 22.5. The lowest BCUT2D eigenvalue weighted by Gasteiger charge is -2.19. The van der Waals surface area contributed by atoms with Gasteiger partial charge in [0.25, 0.3) is 0 Å². The van der Waals surface area contributed by atoms with Gasteiger partial charge in [-0.25, -0.2) is 0 Å². The number of aliphatic hydroxyl groups excluding tert-OH is 4. The second-order valence-electron chi connectivity index (χ2n) is 24.7. The average molecular weight is 1430 g/mol. The summed E-state index contributed by atoms with van der Waals surface area (Å²) in [5, 5.41) is 92.2. The fourth-order valence-corrected chi connectivity index (χ4v) is 10.6. The number of nitrogens with zero attached hydrogens (tertiary/aromatic N) is 8. The summed E-state index contributed by atoms with van der Waals surface area (Å²) in [6.07, 6.45) is -5.12. The number of rotatable bonds is 28. The number of ketones is 1. The third-order valence-corrected chi connectivity index (χ3v) is 17.2. The molecule has 32 heteroatoms. The predicted octanol–water partition coefficient (Wildman–Crippen LogP) is 13.3. The number of alkyl halides is 12. The third kappa shape index (κ3) is 21.4. The first-order valence-electron chi connectivity index (χ1n) is 30.6. The number of carboxylic acid groups (broad SMARTS) is 3. The van der Waals surface area contributed by atoms with Gasteiger partial charge in [-0.2, -0.15) is 52.7 Å². The molecule has 0 bridgehead atoms. The number of carbonyl (C=O) groups excluding carboxylic acids is 1. The molecule has 4 heterocycles. The molecule has 4 aliphatic heterocycles. The number of hydrogen-bond donors (Lipinski definition) is 7. The zero-order chi connectivity index (χ0) is 75.0. The molecule has 536 valence electrons. The van der Waals surface area contributed by atoms with Gasteiger partial charge in [-0.3, -0.25) is 19.2 Å². The molecular weight excluding hydrogens is 1360 g/mol. The van der Waals surface area contributed by atoms with Gasteiger partial charge in [0.15, 0.2) is 0 Å². The lowest BCUT2D eigenvalue weighted by atomic mass is 9.90. The molecular formula is C68H70F12N8O11Si. The maximum absolute atomic E-state index is 13.0. The molecule has 0 aliphatic carbocycles. The molecule has 0 unspecified atom stereocenters. The van der Waals surface area contributed by atoms with Crippen LogP contribution in [-0.2, 0) is 67.5 Å². The van der Waals surface area contributed by atoms with Crippen LogP contribution in [-0.4, -0.2) is 117 Å². The molecule has 0 radical (unpaired) electrons. The Kier molecular flexibility index (Phi) is 27.2. The number of terminal acetylenes is 3. The lowest BCUT2D eigenvalue weighted by molar-refractivity contribution is -0.166. The molecule has 19 nitrogen and oxygen atoms in total. The number of hydrogen-bond acceptors (Lipinski definition) is 16. The number of carbonyl (C=O) groups is 4. The molecule has 7 N–H and O–H groups in total. The molecule has 0 saturated heterocycles. The SMILES string of the molecule is C#CC[C@@H](C(=O)O)[C@@H](O)CCc1ccc(C2(C(F)(F)F)N=N2)cc1.C#CC[C@@H](C(=O)O)[C@@H](O)CCc1ccc(C2(C(F)(F)F)N=N2)cc1.C#CC[C@@H](C(=O)O)[C@H](O)CCc1ccc(C2(C(F)(F)F)N=N2)cc1.CC(=O)[C@H](CC#C[Si](C)(C)C)[C@@H](O)CCc1ccc(C2(C(F)(F)F)N=N2)cc1. The Hall–Kier alpha value is -9.18. The molecule has 4 aromatic carbocycles. The van der Waals surface area contributed by atoms with E-state index in [9.17, 15) is 92.3 Å². The molecule has 0 amide bonds. The first kappa shape index (κ1) is 81.5. The van der Waals surface area contributed by atoms with Gasteiger partial charge in [0.1, 0.15) is 13.9 Å². The van der Waals surface area contributed by atoms with Crippen LogP contribution in [0.25, 0.3) is 0 Å². The zero-order valence-corrected chi connectivity index (χ0v) is 55.0. The van der Waals surface area contributed by atoms with Gasteiger partial charge in [-0.05, 0) is 80.5 Å². The van der Waals surface area contributed by atoms with Crippen molar-refractivity contribution in [1.29, 1.82) is 0 Å². The number of aliphatic hydroxyl groups is 4. The zero-order valence-electron chi connectivity index (χ0n) is 54.0. The Morgan fingerprint density at radius 2 is 0.590 bits per heavy atom. The van der Waals surface area contributed by atoms with E-state index in [2.05, 4.69) is 89.8 Å². The van der Waals surface area contributed by atoms with Gasteiger partial charge < -0.3 is 35.7 Å². The van der Waals surface area contributed by atoms with E-state index < -0.39 is 121 Å². The number of aliphatic carboxylic acids is 3. The van der Waals surface area contributed by atoms with Gasteiger partial charge in [0.2, 0.25) is 0 Å². The van der Waals surface area contributed by atoms with Gasteiger partial charge >= 0.3 is 65.3 Å². The van der Waals surface area contributed by atoms with Crippen molar-refractivity contribution in [2.45, 2.75) is 175 Å². The van der Waals surface area contributed by atoms with Crippen LogP contribution in [0.1, 0.15) is 103 Å². The molecule has 4 aliphatic rings. The highest BCUT2D eigenvalue weighted by Crippen LogP contribution is 2.55. The Morgan fingerprint density at radius 1 is 0.390 bits per heavy atom. The van der Waals surface area contributed by atoms with Crippen molar-refractivity contribution in [3.63, 3.8) is 0 Å². The van der Waals surface area contributed by atoms with Crippen LogP contribution in [0.5, 0.6) is 0 Å². The van der Waals surface area contributed by atoms with E-state index in [-0.39, 0.29) is 66.6 Å². The number of benzene rings is 4. The second-order valence-corrected chi connectivity index (χ2v) is 29.5. The van der Waals surface area contributed by atoms with Crippen LogP contribution >= 0.6 is 0 Å². The highest BCUT2D eigenvalue weighted by molar-refractivity contribution is 6.83. The first-order valence-corrected chi connectivity index (χ1v) is 34.1. The third-order valence-electron chi connectivity index (χ3n) is 16.3. The van der Waals surface area contributed by atoms with Crippen LogP contribution in [0.15, 0.2) is 138 Å². The molecule has 0 saturated carbocycles. The standard InChI is InChI=1S/C20H25F3N2O2Si.3C16H15F3N2O3/c1-14(26)17(6-5-13-28(2,3)4)18(27)12-9-15-7-10-16(11-8-15)19(24-25-19)20(21,22)23;3*1-2-3-12(14(23)24)13(22)9-6-10-4-7-11(8-5-10)15(20-21-15)16(17,18)19/h7-8,10-11,17-18,27H,6,9,12H2,1-4H3;3*1,4-5,7-8,12-13,22H,3,6,9H2,(H,23,24)/t17-,18-;2*12-,13+;12-,13-/m0111/s1. The Bertz CT molecular complexity index is 3520. The fraction of sp³-hybridized carbons (Fsp3) is 0.471. The summed E-state index contributed by atoms with van der Waals surface area (Å²) in [6.45, 7) is 7.76. The Labute approximate surface area is 567 Å². The minimum Gasteiger partial charge on any atom is -0.481 e. The smallest absolute Gasteiger partial charge is 0.442 e. The van der Waals surface area contributed by atoms with Crippen molar-refractivity contribution in [2.75, 3.05) is 0 Å². The van der Waals surface area contributed by atoms with Crippen molar-refractivity contribution in [2.24, 2.45) is 64.6 Å². The summed E-state index contributed by atoms with van der Waals surface area (Å²) in [7, 11) is -1.54.